The number of fused-ring (bicyclic) bond motifs is 1. The van der Waals surface area contributed by atoms with Crippen LogP contribution < -0.4 is 10.5 Å². The highest BCUT2D eigenvalue weighted by Gasteiger charge is 2.32. The summed E-state index contributed by atoms with van der Waals surface area (Å²) < 4.78 is 2.08. The lowest BCUT2D eigenvalue weighted by Crippen LogP contribution is -2.36. The number of hydrogen-bond donors (Lipinski definition) is 0. The first-order valence-corrected chi connectivity index (χ1v) is 11.2. The maximum absolute atomic E-state index is 13.3. The lowest BCUT2D eigenvalue weighted by atomic mass is 9.99. The van der Waals surface area contributed by atoms with Crippen LogP contribution in [0, 0.1) is 5.92 Å². The van der Waals surface area contributed by atoms with Crippen LogP contribution in [0.4, 0.5) is 5.82 Å². The van der Waals surface area contributed by atoms with Crippen molar-refractivity contribution in [2.24, 2.45) is 5.92 Å². The quantitative estimate of drug-likeness (QED) is 0.548. The number of carbonyl (C=O) groups excluding carboxylic acids is 1. The Morgan fingerprint density at radius 3 is 2.76 bits per heavy atom. The average Bonchev–Trinajstić information content (AvgIpc) is 2.98. The minimum atomic E-state index is -0.162. The lowest BCUT2D eigenvalue weighted by molar-refractivity contribution is -0.122. The summed E-state index contributed by atoms with van der Waals surface area (Å²) in [7, 11) is 0. The van der Waals surface area contributed by atoms with E-state index in [0.29, 0.717) is 38.7 Å². The second-order valence-electron chi connectivity index (χ2n) is 7.59. The van der Waals surface area contributed by atoms with Crippen molar-refractivity contribution in [2.45, 2.75) is 33.1 Å². The normalized spacial score (nSPS) is 19.7. The molecule has 6 nitrogen and oxygen atoms in total. The smallest absolute Gasteiger partial charge is 0.267 e. The van der Waals surface area contributed by atoms with Crippen molar-refractivity contribution >= 4 is 51.7 Å². The molecule has 0 bridgehead atoms. The Labute approximate surface area is 179 Å². The van der Waals surface area contributed by atoms with Crippen LogP contribution in [0.5, 0.6) is 0 Å². The lowest BCUT2D eigenvalue weighted by Gasteiger charge is -2.32. The van der Waals surface area contributed by atoms with Crippen molar-refractivity contribution in [3.8, 4) is 0 Å². The fraction of sp³-hybridized carbons (Fsp3) is 0.429. The molecule has 152 valence electrons. The van der Waals surface area contributed by atoms with Gasteiger partial charge in [-0.15, -0.1) is 0 Å². The van der Waals surface area contributed by atoms with Gasteiger partial charge in [0.05, 0.1) is 10.5 Å². The number of nitrogens with zero attached hydrogens (tertiary/aromatic N) is 4. The Kier molecular flexibility index (Phi) is 5.74. The topological polar surface area (TPSA) is 57.9 Å². The van der Waals surface area contributed by atoms with Crippen LogP contribution in [0.3, 0.4) is 0 Å². The van der Waals surface area contributed by atoms with Crippen molar-refractivity contribution < 1.29 is 4.79 Å². The van der Waals surface area contributed by atoms with E-state index in [4.69, 9.17) is 17.2 Å². The molecular formula is C21H24N4O2S2. The van der Waals surface area contributed by atoms with E-state index in [1.54, 1.807) is 17.2 Å². The third-order valence-electron chi connectivity index (χ3n) is 5.43. The van der Waals surface area contributed by atoms with Gasteiger partial charge in [0.2, 0.25) is 0 Å². The third-order valence-corrected chi connectivity index (χ3v) is 6.81. The van der Waals surface area contributed by atoms with Crippen LogP contribution in [0.25, 0.3) is 11.7 Å². The van der Waals surface area contributed by atoms with Crippen molar-refractivity contribution in [1.82, 2.24) is 14.3 Å². The van der Waals surface area contributed by atoms with Gasteiger partial charge in [0.15, 0.2) is 0 Å². The molecule has 0 radical (unpaired) electrons. The molecule has 29 heavy (non-hydrogen) atoms. The van der Waals surface area contributed by atoms with E-state index in [1.165, 1.54) is 16.2 Å². The van der Waals surface area contributed by atoms with Gasteiger partial charge in [-0.1, -0.05) is 43.9 Å². The number of thiocarbonyl (C=S) groups is 1. The minimum absolute atomic E-state index is 0.127. The molecule has 0 N–H and O–H groups in total. The van der Waals surface area contributed by atoms with Crippen LogP contribution in [-0.2, 0) is 4.79 Å². The SMILES string of the molecule is CCCN1C(=O)/C(=C\c2c(N3CCC(C)CC3)nc3ccccn3c2=O)SC1=S. The van der Waals surface area contributed by atoms with Crippen molar-refractivity contribution in [1.29, 1.82) is 0 Å². The molecule has 2 aromatic heterocycles. The van der Waals surface area contributed by atoms with E-state index < -0.39 is 0 Å². The number of hydrogen-bond acceptors (Lipinski definition) is 6. The predicted molar refractivity (Wildman–Crippen MR) is 122 cm³/mol. The summed E-state index contributed by atoms with van der Waals surface area (Å²) in [4.78, 5) is 35.2. The zero-order chi connectivity index (χ0) is 20.5. The van der Waals surface area contributed by atoms with E-state index in [9.17, 15) is 9.59 Å². The van der Waals surface area contributed by atoms with Gasteiger partial charge in [-0.05, 0) is 43.4 Å². The van der Waals surface area contributed by atoms with E-state index in [0.717, 1.165) is 32.4 Å². The Bertz CT molecular complexity index is 1050. The van der Waals surface area contributed by atoms with Gasteiger partial charge in [-0.2, -0.15) is 0 Å². The van der Waals surface area contributed by atoms with E-state index in [-0.39, 0.29) is 11.5 Å². The zero-order valence-electron chi connectivity index (χ0n) is 16.6. The van der Waals surface area contributed by atoms with Crippen LogP contribution in [0.2, 0.25) is 0 Å². The fourth-order valence-corrected chi connectivity index (χ4v) is 5.02. The Balaban J connectivity index is 1.83. The molecular weight excluding hydrogens is 404 g/mol. The van der Waals surface area contributed by atoms with Gasteiger partial charge in [0.25, 0.3) is 11.5 Å². The Morgan fingerprint density at radius 2 is 2.03 bits per heavy atom. The first kappa shape index (κ1) is 20.1. The first-order valence-electron chi connectivity index (χ1n) is 10.0. The third kappa shape index (κ3) is 3.83. The van der Waals surface area contributed by atoms with Gasteiger partial charge in [0, 0.05) is 25.8 Å². The predicted octanol–water partition coefficient (Wildman–Crippen LogP) is 3.54. The van der Waals surface area contributed by atoms with Crippen molar-refractivity contribution in [3.05, 3.63) is 45.2 Å². The number of piperidine rings is 1. The summed E-state index contributed by atoms with van der Waals surface area (Å²) in [5.41, 5.74) is 0.909. The van der Waals surface area contributed by atoms with Gasteiger partial charge in [0.1, 0.15) is 15.8 Å². The average molecular weight is 429 g/mol. The summed E-state index contributed by atoms with van der Waals surface area (Å²) in [6.07, 6.45) is 6.36. The molecule has 2 aliphatic heterocycles. The largest absolute Gasteiger partial charge is 0.356 e. The molecule has 0 spiro atoms. The van der Waals surface area contributed by atoms with Crippen molar-refractivity contribution in [2.75, 3.05) is 24.5 Å². The molecule has 2 aromatic rings. The molecule has 2 fully saturated rings. The molecule has 2 aliphatic rings. The van der Waals surface area contributed by atoms with Gasteiger partial charge in [-0.3, -0.25) is 18.9 Å². The number of carbonyl (C=O) groups is 1. The molecule has 0 aliphatic carbocycles. The molecule has 0 unspecified atom stereocenters. The van der Waals surface area contributed by atoms with Gasteiger partial charge >= 0.3 is 0 Å². The molecule has 4 rings (SSSR count). The summed E-state index contributed by atoms with van der Waals surface area (Å²) in [5.74, 6) is 1.20. The van der Waals surface area contributed by atoms with Crippen LogP contribution >= 0.6 is 24.0 Å². The zero-order valence-corrected chi connectivity index (χ0v) is 18.3. The van der Waals surface area contributed by atoms with Crippen LogP contribution in [0.15, 0.2) is 34.1 Å². The van der Waals surface area contributed by atoms with Gasteiger partial charge in [-0.25, -0.2) is 4.98 Å². The molecule has 8 heteroatoms. The molecule has 1 amide bonds. The fourth-order valence-electron chi connectivity index (χ4n) is 3.73. The number of rotatable bonds is 4. The second kappa shape index (κ2) is 8.28. The number of amides is 1. The van der Waals surface area contributed by atoms with E-state index in [2.05, 4.69) is 11.8 Å². The highest BCUT2D eigenvalue weighted by atomic mass is 32.2. The summed E-state index contributed by atoms with van der Waals surface area (Å²) in [6, 6.07) is 5.52. The number of anilines is 1. The monoisotopic (exact) mass is 428 g/mol. The standard InChI is InChI=1S/C21H24N4O2S2/c1-3-9-25-20(27)16(29-21(25)28)13-15-18(23-11-7-14(2)8-12-23)22-17-6-4-5-10-24(17)19(15)26/h4-6,10,13-14H,3,7-9,11-12H2,1-2H3/b16-13+. The highest BCUT2D eigenvalue weighted by Crippen LogP contribution is 2.34. The molecule has 0 aromatic carbocycles. The van der Waals surface area contributed by atoms with Crippen LogP contribution in [-0.4, -0.2) is 44.1 Å². The van der Waals surface area contributed by atoms with Crippen LogP contribution in [0.1, 0.15) is 38.7 Å². The second-order valence-corrected chi connectivity index (χ2v) is 9.26. The molecule has 4 heterocycles. The Hall–Kier alpha value is -2.19. The summed E-state index contributed by atoms with van der Waals surface area (Å²) in [6.45, 7) is 6.56. The number of thioether (sulfide) groups is 1. The van der Waals surface area contributed by atoms with E-state index >= 15 is 0 Å². The minimum Gasteiger partial charge on any atom is -0.356 e. The Morgan fingerprint density at radius 1 is 1.28 bits per heavy atom. The molecule has 0 saturated carbocycles. The maximum Gasteiger partial charge on any atom is 0.267 e. The summed E-state index contributed by atoms with van der Waals surface area (Å²) in [5, 5.41) is 0. The molecule has 0 atom stereocenters. The summed E-state index contributed by atoms with van der Waals surface area (Å²) >= 11 is 6.64. The van der Waals surface area contributed by atoms with Crippen molar-refractivity contribution in [3.63, 3.8) is 0 Å². The highest BCUT2D eigenvalue weighted by molar-refractivity contribution is 8.26. The number of aromatic nitrogens is 2. The number of pyridine rings is 1. The molecule has 2 saturated heterocycles. The first-order chi connectivity index (χ1) is 14.0. The maximum atomic E-state index is 13.3. The van der Waals surface area contributed by atoms with Gasteiger partial charge < -0.3 is 4.90 Å². The van der Waals surface area contributed by atoms with E-state index in [1.807, 2.05) is 25.1 Å².